The molecule has 1 aromatic rings. The number of nitrogens with two attached hydrogens (primary N) is 2. The van der Waals surface area contributed by atoms with Crippen LogP contribution in [0.4, 0.5) is 11.4 Å². The quantitative estimate of drug-likeness (QED) is 0.140. The Morgan fingerprint density at radius 3 is 2.39 bits per heavy atom. The van der Waals surface area contributed by atoms with E-state index in [1.54, 1.807) is 0 Å². The summed E-state index contributed by atoms with van der Waals surface area (Å²) >= 11 is 1.81. The first-order valence-corrected chi connectivity index (χ1v) is 10.7. The van der Waals surface area contributed by atoms with E-state index in [1.165, 1.54) is 13.0 Å². The van der Waals surface area contributed by atoms with Gasteiger partial charge >= 0.3 is 0 Å². The van der Waals surface area contributed by atoms with Gasteiger partial charge < -0.3 is 32.7 Å². The highest BCUT2D eigenvalue weighted by Crippen LogP contribution is 2.29. The fourth-order valence-electron chi connectivity index (χ4n) is 3.00. The monoisotopic (exact) mass is 575 g/mol. The van der Waals surface area contributed by atoms with Crippen LogP contribution in [0.3, 0.4) is 0 Å². The summed E-state index contributed by atoms with van der Waals surface area (Å²) in [6.45, 7) is 1.37. The molecular weight excluding hydrogens is 553 g/mol. The number of carbonyl (C=O) groups is 5. The number of rotatable bonds is 4. The number of nitrogens with one attached hydrogen (secondary N) is 4. The number of amides is 5. The topological polar surface area (TPSA) is 229 Å². The lowest BCUT2D eigenvalue weighted by molar-refractivity contribution is -0.384. The van der Waals surface area contributed by atoms with Gasteiger partial charge in [-0.15, -0.1) is 0 Å². The summed E-state index contributed by atoms with van der Waals surface area (Å²) in [7, 11) is 0. The van der Waals surface area contributed by atoms with Gasteiger partial charge in [0.2, 0.25) is 23.6 Å². The van der Waals surface area contributed by atoms with Crippen LogP contribution in [0.1, 0.15) is 30.1 Å². The second kappa shape index (κ2) is 10.9. The number of hydrogen-bond donors (Lipinski definition) is 6. The molecule has 0 aliphatic carbocycles. The number of non-ortho nitro benzene ring substituents is 1. The Balaban J connectivity index is 2.49. The van der Waals surface area contributed by atoms with Gasteiger partial charge in [-0.3, -0.25) is 34.1 Å². The van der Waals surface area contributed by atoms with Crippen molar-refractivity contribution in [2.75, 3.05) is 11.9 Å². The number of benzene rings is 1. The van der Waals surface area contributed by atoms with Gasteiger partial charge in [0.1, 0.15) is 18.1 Å². The number of anilines is 1. The lowest BCUT2D eigenvalue weighted by Gasteiger charge is -2.24. The molecule has 0 bridgehead atoms. The molecular formula is C18H22IN7O7. The van der Waals surface area contributed by atoms with E-state index in [-0.39, 0.29) is 29.9 Å². The molecule has 0 spiro atoms. The van der Waals surface area contributed by atoms with E-state index in [0.717, 1.165) is 6.07 Å². The van der Waals surface area contributed by atoms with Crippen LogP contribution >= 0.6 is 22.6 Å². The Kier molecular flexibility index (Phi) is 8.50. The van der Waals surface area contributed by atoms with Crippen molar-refractivity contribution in [2.24, 2.45) is 11.5 Å². The predicted molar refractivity (Wildman–Crippen MR) is 123 cm³/mol. The molecule has 0 saturated carbocycles. The van der Waals surface area contributed by atoms with E-state index in [2.05, 4.69) is 21.3 Å². The fraction of sp³-hybridized carbons (Fsp3) is 0.389. The minimum absolute atomic E-state index is 0.0250. The van der Waals surface area contributed by atoms with Gasteiger partial charge in [-0.25, -0.2) is 0 Å². The van der Waals surface area contributed by atoms with E-state index in [0.29, 0.717) is 3.57 Å². The van der Waals surface area contributed by atoms with Crippen molar-refractivity contribution in [3.8, 4) is 0 Å². The normalized spacial score (nSPS) is 21.9. The van der Waals surface area contributed by atoms with Gasteiger partial charge in [0.25, 0.3) is 11.6 Å². The van der Waals surface area contributed by atoms with Gasteiger partial charge in [0.05, 0.1) is 22.6 Å². The lowest BCUT2D eigenvalue weighted by atomic mass is 10.1. The Bertz CT molecular complexity index is 1020. The second-order valence-corrected chi connectivity index (χ2v) is 8.38. The van der Waals surface area contributed by atoms with Crippen molar-refractivity contribution in [3.63, 3.8) is 0 Å². The Labute approximate surface area is 200 Å². The summed E-state index contributed by atoms with van der Waals surface area (Å²) in [5.41, 5.74) is 10.3. The van der Waals surface area contributed by atoms with Crippen molar-refractivity contribution in [1.82, 2.24) is 16.0 Å². The van der Waals surface area contributed by atoms with Crippen LogP contribution < -0.4 is 32.7 Å². The number of hydrogen-bond acceptors (Lipinski definition) is 8. The SMILES string of the molecule is C[C@@H]1NC(=O)c2cc([N+](=O)[O-])cc(I)c2NCC[C@@H](C(N)=O)NC(=O)[C@H](CC(N)=O)NC1=O. The summed E-state index contributed by atoms with van der Waals surface area (Å²) in [5, 5.41) is 21.3. The second-order valence-electron chi connectivity index (χ2n) is 7.21. The molecule has 0 unspecified atom stereocenters. The van der Waals surface area contributed by atoms with E-state index >= 15 is 0 Å². The Morgan fingerprint density at radius 1 is 1.15 bits per heavy atom. The predicted octanol–water partition coefficient (Wildman–Crippen LogP) is -1.54. The number of primary amides is 2. The molecule has 8 N–H and O–H groups in total. The zero-order valence-electron chi connectivity index (χ0n) is 17.3. The molecule has 3 atom stereocenters. The zero-order chi connectivity index (χ0) is 24.9. The molecule has 1 aromatic carbocycles. The van der Waals surface area contributed by atoms with Gasteiger partial charge in [0, 0.05) is 22.2 Å². The standard InChI is InChI=1S/C18H22IN7O7/c1-7-16(29)25-12(6-13(20)27)18(31)24-11(15(21)28)2-3-22-14-9(17(30)23-7)4-8(26(32)33)5-10(14)19/h4-5,7,11-12,22H,2-3,6H2,1H3,(H2,20,27)(H2,21,28)(H,23,30)(H,24,31)(H,25,29)/t7-,11-,12-/m0/s1. The van der Waals surface area contributed by atoms with E-state index < -0.39 is 59.0 Å². The molecule has 2 rings (SSSR count). The first-order valence-electron chi connectivity index (χ1n) is 9.61. The molecule has 33 heavy (non-hydrogen) atoms. The Hall–Kier alpha value is -3.50. The van der Waals surface area contributed by atoms with Gasteiger partial charge in [-0.1, -0.05) is 0 Å². The average molecular weight is 575 g/mol. The molecule has 0 aromatic heterocycles. The molecule has 15 heteroatoms. The summed E-state index contributed by atoms with van der Waals surface area (Å²) in [6.07, 6.45) is -0.585. The molecule has 1 aliphatic heterocycles. The van der Waals surface area contributed by atoms with Gasteiger partial charge in [-0.05, 0) is 35.9 Å². The first kappa shape index (κ1) is 25.8. The van der Waals surface area contributed by atoms with Crippen LogP contribution in [0.15, 0.2) is 12.1 Å². The highest BCUT2D eigenvalue weighted by molar-refractivity contribution is 14.1. The Morgan fingerprint density at radius 2 is 1.82 bits per heavy atom. The number of fused-ring (bicyclic) bond motifs is 1. The first-order chi connectivity index (χ1) is 15.4. The van der Waals surface area contributed by atoms with Crippen molar-refractivity contribution >= 4 is 63.5 Å². The van der Waals surface area contributed by atoms with E-state index in [1.807, 2.05) is 22.6 Å². The number of nitro groups is 1. The molecule has 5 amide bonds. The smallest absolute Gasteiger partial charge is 0.271 e. The molecule has 178 valence electrons. The number of nitrogens with zero attached hydrogens (tertiary/aromatic N) is 1. The van der Waals surface area contributed by atoms with E-state index in [4.69, 9.17) is 11.5 Å². The highest BCUT2D eigenvalue weighted by atomic mass is 127. The molecule has 0 saturated heterocycles. The van der Waals surface area contributed by atoms with Gasteiger partial charge in [0.15, 0.2) is 0 Å². The van der Waals surface area contributed by atoms with Crippen LogP contribution in [0, 0.1) is 13.7 Å². The molecule has 14 nitrogen and oxygen atoms in total. The molecule has 0 radical (unpaired) electrons. The lowest BCUT2D eigenvalue weighted by Crippen LogP contribution is -2.57. The number of nitro benzene ring substituents is 1. The maximum Gasteiger partial charge on any atom is 0.271 e. The third-order valence-corrected chi connectivity index (χ3v) is 5.56. The minimum Gasteiger partial charge on any atom is -0.383 e. The maximum absolute atomic E-state index is 12.9. The zero-order valence-corrected chi connectivity index (χ0v) is 19.5. The summed E-state index contributed by atoms with van der Waals surface area (Å²) in [6, 6.07) is -1.48. The summed E-state index contributed by atoms with van der Waals surface area (Å²) in [5.74, 6) is -4.23. The molecule has 1 heterocycles. The van der Waals surface area contributed by atoms with Crippen LogP contribution in [-0.2, 0) is 19.2 Å². The fourth-order valence-corrected chi connectivity index (χ4v) is 3.80. The third kappa shape index (κ3) is 6.74. The molecule has 1 aliphatic rings. The molecule has 0 fully saturated rings. The van der Waals surface area contributed by atoms with Crippen LogP contribution in [0.5, 0.6) is 0 Å². The highest BCUT2D eigenvalue weighted by Gasteiger charge is 2.30. The van der Waals surface area contributed by atoms with Crippen LogP contribution in [0.2, 0.25) is 0 Å². The summed E-state index contributed by atoms with van der Waals surface area (Å²) < 4.78 is 0.345. The minimum atomic E-state index is -1.42. The van der Waals surface area contributed by atoms with Crippen LogP contribution in [0.25, 0.3) is 0 Å². The van der Waals surface area contributed by atoms with Crippen molar-refractivity contribution < 1.29 is 28.9 Å². The third-order valence-electron chi connectivity index (χ3n) is 4.70. The van der Waals surface area contributed by atoms with Gasteiger partial charge in [-0.2, -0.15) is 0 Å². The van der Waals surface area contributed by atoms with Crippen molar-refractivity contribution in [3.05, 3.63) is 31.4 Å². The summed E-state index contributed by atoms with van der Waals surface area (Å²) in [4.78, 5) is 71.8. The number of carbonyl (C=O) groups excluding carboxylic acids is 5. The average Bonchev–Trinajstić information content (AvgIpc) is 2.71. The van der Waals surface area contributed by atoms with Crippen molar-refractivity contribution in [1.29, 1.82) is 0 Å². The van der Waals surface area contributed by atoms with E-state index in [9.17, 15) is 34.1 Å². The maximum atomic E-state index is 12.9. The largest absolute Gasteiger partial charge is 0.383 e. The van der Waals surface area contributed by atoms with Crippen LogP contribution in [-0.4, -0.2) is 59.1 Å². The number of halogens is 1. The van der Waals surface area contributed by atoms with Crippen molar-refractivity contribution in [2.45, 2.75) is 37.9 Å².